The highest BCUT2D eigenvalue weighted by Gasteiger charge is 2.36. The van der Waals surface area contributed by atoms with Gasteiger partial charge in [0.2, 0.25) is 11.8 Å². The number of nitrogens with one attached hydrogen (secondary N) is 2. The van der Waals surface area contributed by atoms with E-state index in [-0.39, 0.29) is 24.3 Å². The lowest BCUT2D eigenvalue weighted by Crippen LogP contribution is -2.59. The average Bonchev–Trinajstić information content (AvgIpc) is 2.84. The van der Waals surface area contributed by atoms with Crippen LogP contribution < -0.4 is 16.6 Å². The van der Waals surface area contributed by atoms with Crippen molar-refractivity contribution in [3.8, 4) is 0 Å². The summed E-state index contributed by atoms with van der Waals surface area (Å²) in [6.45, 7) is 5.54. The number of carbonyl (C=O) groups is 3. The van der Waals surface area contributed by atoms with Gasteiger partial charge in [-0.25, -0.2) is 10.5 Å². The van der Waals surface area contributed by atoms with Crippen LogP contribution in [0.25, 0.3) is 6.08 Å². The smallest absolute Gasteiger partial charge is 0.257 e. The first-order valence-corrected chi connectivity index (χ1v) is 13.0. The van der Waals surface area contributed by atoms with Crippen LogP contribution in [0.3, 0.4) is 0 Å². The first kappa shape index (κ1) is 27.9. The number of hydrazine groups is 1. The number of allylic oxidation sites excluding steroid dienone is 1. The van der Waals surface area contributed by atoms with E-state index >= 15 is 0 Å². The van der Waals surface area contributed by atoms with Gasteiger partial charge in [0.05, 0.1) is 23.9 Å². The molecule has 5 N–H and O–H groups in total. The number of benzene rings is 1. The molecule has 0 bridgehead atoms. The minimum atomic E-state index is -0.804. The number of nitrogens with zero attached hydrogens (tertiary/aromatic N) is 1. The number of hydrogen-bond acceptors (Lipinski definition) is 6. The number of amides is 3. The van der Waals surface area contributed by atoms with E-state index in [1.165, 1.54) is 5.01 Å². The Hall–Kier alpha value is -2.36. The molecule has 0 radical (unpaired) electrons. The predicted octanol–water partition coefficient (Wildman–Crippen LogP) is 2.98. The normalized spacial score (nSPS) is 17.2. The first-order chi connectivity index (χ1) is 16.2. The third-order valence-electron chi connectivity index (χ3n) is 5.91. The van der Waals surface area contributed by atoms with Gasteiger partial charge < -0.3 is 5.73 Å². The SMILES string of the molecule is CC(C)C[C@@H](C(=O)NN(C(=O)[C@@H](C)N)C1CCSCC1)[C@H](C/C=C/c1ccccc1)C(=O)NO. The third kappa shape index (κ3) is 8.45. The maximum absolute atomic E-state index is 13.5. The van der Waals surface area contributed by atoms with Crippen LogP contribution in [0, 0.1) is 17.8 Å². The van der Waals surface area contributed by atoms with Crippen LogP contribution in [-0.4, -0.2) is 51.5 Å². The molecule has 1 saturated heterocycles. The van der Waals surface area contributed by atoms with E-state index in [4.69, 9.17) is 5.73 Å². The Morgan fingerprint density at radius 2 is 1.76 bits per heavy atom. The molecular weight excluding hydrogens is 452 g/mol. The number of carbonyl (C=O) groups excluding carboxylic acids is 3. The summed E-state index contributed by atoms with van der Waals surface area (Å²) in [5.41, 5.74) is 11.4. The maximum atomic E-state index is 13.5. The minimum absolute atomic E-state index is 0.117. The van der Waals surface area contributed by atoms with Crippen molar-refractivity contribution in [2.24, 2.45) is 23.5 Å². The Bertz CT molecular complexity index is 825. The van der Waals surface area contributed by atoms with Crippen LogP contribution in [-0.2, 0) is 14.4 Å². The summed E-state index contributed by atoms with van der Waals surface area (Å²) in [7, 11) is 0. The molecule has 0 unspecified atom stereocenters. The maximum Gasteiger partial charge on any atom is 0.257 e. The third-order valence-corrected chi connectivity index (χ3v) is 6.96. The fourth-order valence-electron chi connectivity index (χ4n) is 4.10. The van der Waals surface area contributed by atoms with Gasteiger partial charge in [-0.1, -0.05) is 56.3 Å². The predicted molar refractivity (Wildman–Crippen MR) is 135 cm³/mol. The Labute approximate surface area is 206 Å². The van der Waals surface area contributed by atoms with Gasteiger partial charge in [0.15, 0.2) is 0 Å². The molecule has 1 aliphatic rings. The van der Waals surface area contributed by atoms with Gasteiger partial charge in [0.1, 0.15) is 0 Å². The van der Waals surface area contributed by atoms with Crippen LogP contribution in [0.1, 0.15) is 52.0 Å². The lowest BCUT2D eigenvalue weighted by atomic mass is 9.82. The highest BCUT2D eigenvalue weighted by atomic mass is 32.2. The molecule has 34 heavy (non-hydrogen) atoms. The van der Waals surface area contributed by atoms with Gasteiger partial charge in [-0.2, -0.15) is 11.8 Å². The van der Waals surface area contributed by atoms with Crippen LogP contribution in [0.15, 0.2) is 36.4 Å². The molecule has 2 rings (SSSR count). The summed E-state index contributed by atoms with van der Waals surface area (Å²) in [6, 6.07) is 8.74. The van der Waals surface area contributed by atoms with E-state index in [1.807, 2.05) is 68.1 Å². The molecule has 1 aliphatic heterocycles. The van der Waals surface area contributed by atoms with Crippen LogP contribution >= 0.6 is 11.8 Å². The molecule has 0 spiro atoms. The van der Waals surface area contributed by atoms with Gasteiger partial charge in [-0.05, 0) is 55.6 Å². The zero-order chi connectivity index (χ0) is 25.1. The molecule has 1 aromatic carbocycles. The second kappa shape index (κ2) is 14.1. The number of thioether (sulfide) groups is 1. The van der Waals surface area contributed by atoms with Crippen molar-refractivity contribution in [1.29, 1.82) is 0 Å². The van der Waals surface area contributed by atoms with Gasteiger partial charge in [-0.15, -0.1) is 0 Å². The van der Waals surface area contributed by atoms with Crippen LogP contribution in [0.4, 0.5) is 0 Å². The van der Waals surface area contributed by atoms with Gasteiger partial charge >= 0.3 is 0 Å². The number of rotatable bonds is 10. The molecule has 1 fully saturated rings. The minimum Gasteiger partial charge on any atom is -0.320 e. The highest BCUT2D eigenvalue weighted by Crippen LogP contribution is 2.27. The topological polar surface area (TPSA) is 125 Å². The monoisotopic (exact) mass is 490 g/mol. The highest BCUT2D eigenvalue weighted by molar-refractivity contribution is 7.99. The average molecular weight is 491 g/mol. The van der Waals surface area contributed by atoms with E-state index in [0.29, 0.717) is 6.42 Å². The van der Waals surface area contributed by atoms with Crippen molar-refractivity contribution in [3.63, 3.8) is 0 Å². The molecule has 9 heteroatoms. The Morgan fingerprint density at radius 1 is 1.12 bits per heavy atom. The number of hydrogen-bond donors (Lipinski definition) is 4. The summed E-state index contributed by atoms with van der Waals surface area (Å²) in [5.74, 6) is -1.01. The van der Waals surface area contributed by atoms with E-state index in [1.54, 1.807) is 12.4 Å². The molecule has 3 atom stereocenters. The quantitative estimate of drug-likeness (QED) is 0.295. The Kier molecular flexibility index (Phi) is 11.6. The van der Waals surface area contributed by atoms with E-state index in [9.17, 15) is 19.6 Å². The zero-order valence-electron chi connectivity index (χ0n) is 20.3. The first-order valence-electron chi connectivity index (χ1n) is 11.9. The Balaban J connectivity index is 2.26. The molecule has 8 nitrogen and oxygen atoms in total. The molecule has 1 heterocycles. The lowest BCUT2D eigenvalue weighted by molar-refractivity contribution is -0.150. The van der Waals surface area contributed by atoms with Crippen molar-refractivity contribution in [2.45, 2.75) is 58.5 Å². The van der Waals surface area contributed by atoms with Crippen molar-refractivity contribution >= 4 is 35.6 Å². The summed E-state index contributed by atoms with van der Waals surface area (Å²) >= 11 is 1.82. The molecule has 188 valence electrons. The van der Waals surface area contributed by atoms with E-state index in [0.717, 1.165) is 29.9 Å². The second-order valence-corrected chi connectivity index (χ2v) is 10.4. The summed E-state index contributed by atoms with van der Waals surface area (Å²) < 4.78 is 0. The van der Waals surface area contributed by atoms with Crippen molar-refractivity contribution in [1.82, 2.24) is 15.9 Å². The van der Waals surface area contributed by atoms with Crippen LogP contribution in [0.2, 0.25) is 0 Å². The van der Waals surface area contributed by atoms with E-state index in [2.05, 4.69) is 5.43 Å². The number of nitrogens with two attached hydrogens (primary N) is 1. The summed E-state index contributed by atoms with van der Waals surface area (Å²) in [6.07, 6.45) is 5.92. The fraction of sp³-hybridized carbons (Fsp3) is 0.560. The van der Waals surface area contributed by atoms with E-state index < -0.39 is 29.7 Å². The van der Waals surface area contributed by atoms with Crippen molar-refractivity contribution in [3.05, 3.63) is 42.0 Å². The molecular formula is C25H38N4O4S. The number of hydroxylamine groups is 1. The second-order valence-electron chi connectivity index (χ2n) is 9.18. The molecule has 0 aromatic heterocycles. The summed E-state index contributed by atoms with van der Waals surface area (Å²) in [4.78, 5) is 39.0. The molecule has 0 saturated carbocycles. The molecule has 0 aliphatic carbocycles. The van der Waals surface area contributed by atoms with Crippen molar-refractivity contribution < 1.29 is 19.6 Å². The largest absolute Gasteiger partial charge is 0.320 e. The molecule has 1 aromatic rings. The van der Waals surface area contributed by atoms with Gasteiger partial charge in [0.25, 0.3) is 5.91 Å². The lowest BCUT2D eigenvalue weighted by Gasteiger charge is -2.37. The fourth-order valence-corrected chi connectivity index (χ4v) is 5.19. The van der Waals surface area contributed by atoms with Crippen molar-refractivity contribution in [2.75, 3.05) is 11.5 Å². The van der Waals surface area contributed by atoms with Crippen LogP contribution in [0.5, 0.6) is 0 Å². The van der Waals surface area contributed by atoms with Gasteiger partial charge in [-0.3, -0.25) is 25.0 Å². The standard InChI is InChI=1S/C25H38N4O4S/c1-17(2)16-22(21(24(31)28-33)11-7-10-19-8-5-4-6-9-19)23(30)27-29(25(32)18(3)26)20-12-14-34-15-13-20/h4-10,17-18,20-22,33H,11-16,26H2,1-3H3,(H,27,30)(H,28,31)/b10-7+/t18-,21+,22-/m1/s1. The summed E-state index contributed by atoms with van der Waals surface area (Å²) in [5, 5.41) is 10.8. The zero-order valence-corrected chi connectivity index (χ0v) is 21.1. The molecule has 3 amide bonds. The van der Waals surface area contributed by atoms with Gasteiger partial charge in [0, 0.05) is 0 Å². The Morgan fingerprint density at radius 3 is 2.32 bits per heavy atom.